The summed E-state index contributed by atoms with van der Waals surface area (Å²) in [7, 11) is 0. The molecule has 0 saturated carbocycles. The number of thiophene rings is 1. The fourth-order valence-corrected chi connectivity index (χ4v) is 3.80. The van der Waals surface area contributed by atoms with Gasteiger partial charge in [-0.25, -0.2) is 8.78 Å². The summed E-state index contributed by atoms with van der Waals surface area (Å²) in [4.78, 5) is 12.4. The van der Waals surface area contributed by atoms with Gasteiger partial charge in [0.2, 0.25) is 0 Å². The quantitative estimate of drug-likeness (QED) is 0.569. The lowest BCUT2D eigenvalue weighted by molar-refractivity contribution is 0.0993. The topological polar surface area (TPSA) is 17.1 Å². The summed E-state index contributed by atoms with van der Waals surface area (Å²) in [5.41, 5.74) is 0.774. The maximum absolute atomic E-state index is 13.6. The van der Waals surface area contributed by atoms with E-state index in [9.17, 15) is 13.6 Å². The van der Waals surface area contributed by atoms with Gasteiger partial charge in [-0.15, -0.1) is 11.3 Å². The van der Waals surface area contributed by atoms with Gasteiger partial charge in [0.05, 0.1) is 0 Å². The van der Waals surface area contributed by atoms with Crippen molar-refractivity contribution in [2.24, 2.45) is 0 Å². The maximum atomic E-state index is 13.6. The van der Waals surface area contributed by atoms with Crippen LogP contribution in [0.5, 0.6) is 0 Å². The van der Waals surface area contributed by atoms with Crippen molar-refractivity contribution >= 4 is 43.1 Å². The zero-order valence-corrected chi connectivity index (χ0v) is 13.1. The van der Waals surface area contributed by atoms with Crippen molar-refractivity contribution in [2.45, 2.75) is 6.42 Å². The van der Waals surface area contributed by atoms with E-state index in [1.165, 1.54) is 17.4 Å². The van der Waals surface area contributed by atoms with Gasteiger partial charge >= 0.3 is 0 Å². The van der Waals surface area contributed by atoms with Crippen LogP contribution in [-0.2, 0) is 6.42 Å². The molecule has 3 aromatic rings. The van der Waals surface area contributed by atoms with Crippen LogP contribution in [0.15, 0.2) is 46.3 Å². The Labute approximate surface area is 132 Å². The normalized spacial score (nSPS) is 11.0. The maximum Gasteiger partial charge on any atom is 0.168 e. The lowest BCUT2D eigenvalue weighted by atomic mass is 10.0. The van der Waals surface area contributed by atoms with Crippen molar-refractivity contribution in [1.29, 1.82) is 0 Å². The first-order chi connectivity index (χ1) is 10.1. The molecule has 0 radical (unpaired) electrons. The number of carbonyl (C=O) groups excluding carboxylic acids is 1. The molecule has 0 bridgehead atoms. The molecule has 0 aliphatic heterocycles. The molecular formula is C16H9BrF2OS. The summed E-state index contributed by atoms with van der Waals surface area (Å²) in [6.07, 6.45) is -0.0789. The van der Waals surface area contributed by atoms with Crippen LogP contribution in [0.25, 0.3) is 10.1 Å². The van der Waals surface area contributed by atoms with Gasteiger partial charge < -0.3 is 0 Å². The Balaban J connectivity index is 1.96. The van der Waals surface area contributed by atoms with E-state index in [2.05, 4.69) is 15.9 Å². The van der Waals surface area contributed by atoms with Crippen LogP contribution in [-0.4, -0.2) is 5.78 Å². The highest BCUT2D eigenvalue weighted by molar-refractivity contribution is 9.10. The average molecular weight is 367 g/mol. The van der Waals surface area contributed by atoms with E-state index in [0.29, 0.717) is 5.56 Å². The minimum Gasteiger partial charge on any atom is -0.294 e. The first-order valence-corrected chi connectivity index (χ1v) is 7.86. The third-order valence-electron chi connectivity index (χ3n) is 3.22. The summed E-state index contributed by atoms with van der Waals surface area (Å²) < 4.78 is 28.4. The fraction of sp³-hybridized carbons (Fsp3) is 0.0625. The highest BCUT2D eigenvalue weighted by Gasteiger charge is 2.16. The molecule has 1 heterocycles. The third kappa shape index (κ3) is 2.76. The molecular weight excluding hydrogens is 358 g/mol. The smallest absolute Gasteiger partial charge is 0.168 e. The zero-order valence-electron chi connectivity index (χ0n) is 10.7. The Morgan fingerprint density at radius 2 is 2.00 bits per heavy atom. The van der Waals surface area contributed by atoms with E-state index in [1.807, 2.05) is 18.2 Å². The number of fused-ring (bicyclic) bond motifs is 1. The number of rotatable bonds is 3. The molecule has 3 rings (SSSR count). The summed E-state index contributed by atoms with van der Waals surface area (Å²) >= 11 is 4.91. The van der Waals surface area contributed by atoms with Crippen LogP contribution in [0, 0.1) is 11.6 Å². The molecule has 5 heteroatoms. The second-order valence-corrected chi connectivity index (χ2v) is 6.34. The van der Waals surface area contributed by atoms with Gasteiger partial charge in [0, 0.05) is 38.0 Å². The SMILES string of the molecule is O=C(Cc1ccc(F)cc1F)c1csc2c(Br)cccc12. The van der Waals surface area contributed by atoms with Gasteiger partial charge in [-0.05, 0) is 33.6 Å². The molecule has 0 spiro atoms. The van der Waals surface area contributed by atoms with Crippen LogP contribution in [0.4, 0.5) is 8.78 Å². The Morgan fingerprint density at radius 1 is 1.19 bits per heavy atom. The third-order valence-corrected chi connectivity index (χ3v) is 5.17. The number of hydrogen-bond acceptors (Lipinski definition) is 2. The number of ketones is 1. The summed E-state index contributed by atoms with van der Waals surface area (Å²) in [5.74, 6) is -1.51. The highest BCUT2D eigenvalue weighted by atomic mass is 79.9. The van der Waals surface area contributed by atoms with E-state index in [-0.39, 0.29) is 17.8 Å². The molecule has 0 unspecified atom stereocenters. The monoisotopic (exact) mass is 366 g/mol. The molecule has 21 heavy (non-hydrogen) atoms. The Morgan fingerprint density at radius 3 is 2.76 bits per heavy atom. The Bertz CT molecular complexity index is 841. The fourth-order valence-electron chi connectivity index (χ4n) is 2.17. The molecule has 1 aromatic heterocycles. The summed E-state index contributed by atoms with van der Waals surface area (Å²) in [5, 5.41) is 2.63. The van der Waals surface area contributed by atoms with Crippen molar-refractivity contribution in [1.82, 2.24) is 0 Å². The predicted molar refractivity (Wildman–Crippen MR) is 83.9 cm³/mol. The molecule has 1 nitrogen and oxygen atoms in total. The molecule has 0 fully saturated rings. The van der Waals surface area contributed by atoms with Crippen LogP contribution in [0.2, 0.25) is 0 Å². The van der Waals surface area contributed by atoms with Gasteiger partial charge in [-0.3, -0.25) is 4.79 Å². The minimum absolute atomic E-state index is 0.0789. The second-order valence-electron chi connectivity index (χ2n) is 4.60. The standard InChI is InChI=1S/C16H9BrF2OS/c17-13-3-1-2-11-12(8-21-16(11)13)15(20)6-9-4-5-10(18)7-14(9)19/h1-5,7-8H,6H2. The van der Waals surface area contributed by atoms with Crippen LogP contribution < -0.4 is 0 Å². The second kappa shape index (κ2) is 5.66. The van der Waals surface area contributed by atoms with Crippen LogP contribution in [0.1, 0.15) is 15.9 Å². The number of benzene rings is 2. The van der Waals surface area contributed by atoms with Crippen LogP contribution >= 0.6 is 27.3 Å². The van der Waals surface area contributed by atoms with Crippen molar-refractivity contribution in [3.63, 3.8) is 0 Å². The number of halogens is 3. The molecule has 0 aliphatic carbocycles. The molecule has 106 valence electrons. The number of Topliss-reactive ketones (excluding diaryl/α,β-unsaturated/α-hetero) is 1. The molecule has 0 amide bonds. The largest absolute Gasteiger partial charge is 0.294 e. The first-order valence-electron chi connectivity index (χ1n) is 6.19. The van der Waals surface area contributed by atoms with E-state index >= 15 is 0 Å². The molecule has 0 saturated heterocycles. The summed E-state index contributed by atoms with van der Waals surface area (Å²) in [6.45, 7) is 0. The van der Waals surface area contributed by atoms with Crippen molar-refractivity contribution in [3.05, 3.63) is 69.0 Å². The van der Waals surface area contributed by atoms with Gasteiger partial charge in [-0.2, -0.15) is 0 Å². The average Bonchev–Trinajstić information content (AvgIpc) is 2.87. The number of carbonyl (C=O) groups is 1. The Kier molecular flexibility index (Phi) is 3.87. The van der Waals surface area contributed by atoms with Gasteiger partial charge in [0.25, 0.3) is 0 Å². The number of hydrogen-bond donors (Lipinski definition) is 0. The van der Waals surface area contributed by atoms with Gasteiger partial charge in [-0.1, -0.05) is 18.2 Å². The van der Waals surface area contributed by atoms with Crippen LogP contribution in [0.3, 0.4) is 0 Å². The summed E-state index contributed by atoms with van der Waals surface area (Å²) in [6, 6.07) is 8.90. The molecule has 0 atom stereocenters. The lowest BCUT2D eigenvalue weighted by Gasteiger charge is -2.03. The van der Waals surface area contributed by atoms with Gasteiger partial charge in [0.1, 0.15) is 11.6 Å². The van der Waals surface area contributed by atoms with Crippen molar-refractivity contribution < 1.29 is 13.6 Å². The van der Waals surface area contributed by atoms with E-state index in [0.717, 1.165) is 26.7 Å². The Hall–Kier alpha value is -1.59. The predicted octanol–water partition coefficient (Wildman–Crippen LogP) is 5.37. The zero-order chi connectivity index (χ0) is 15.0. The highest BCUT2D eigenvalue weighted by Crippen LogP contribution is 2.32. The minimum atomic E-state index is -0.691. The van der Waals surface area contributed by atoms with E-state index in [1.54, 1.807) is 5.38 Å². The molecule has 2 aromatic carbocycles. The first kappa shape index (κ1) is 14.4. The molecule has 0 N–H and O–H groups in total. The lowest BCUT2D eigenvalue weighted by Crippen LogP contribution is -2.04. The van der Waals surface area contributed by atoms with Gasteiger partial charge in [0.15, 0.2) is 5.78 Å². The van der Waals surface area contributed by atoms with Crippen molar-refractivity contribution in [3.8, 4) is 0 Å². The van der Waals surface area contributed by atoms with E-state index in [4.69, 9.17) is 0 Å². The van der Waals surface area contributed by atoms with Crippen molar-refractivity contribution in [2.75, 3.05) is 0 Å². The van der Waals surface area contributed by atoms with E-state index < -0.39 is 11.6 Å². The molecule has 0 aliphatic rings.